The number of hydrogen-bond donors (Lipinski definition) is 2. The van der Waals surface area contributed by atoms with Gasteiger partial charge in [-0.3, -0.25) is 9.89 Å². The van der Waals surface area contributed by atoms with Gasteiger partial charge in [0.15, 0.2) is 0 Å². The summed E-state index contributed by atoms with van der Waals surface area (Å²) < 4.78 is 0. The van der Waals surface area contributed by atoms with Crippen LogP contribution in [-0.4, -0.2) is 34.1 Å². The largest absolute Gasteiger partial charge is 0.333 e. The molecule has 0 aliphatic heterocycles. The van der Waals surface area contributed by atoms with Crippen molar-refractivity contribution in [3.05, 3.63) is 53.3 Å². The molecule has 22 heavy (non-hydrogen) atoms. The lowest BCUT2D eigenvalue weighted by atomic mass is 10.2. The Morgan fingerprint density at radius 1 is 1.32 bits per heavy atom. The summed E-state index contributed by atoms with van der Waals surface area (Å²) in [5.74, 6) is -0.0525. The molecule has 0 aliphatic carbocycles. The zero-order valence-electron chi connectivity index (χ0n) is 12.8. The smallest absolute Gasteiger partial charge is 0.274 e. The first-order valence-electron chi connectivity index (χ1n) is 7.32. The van der Waals surface area contributed by atoms with Crippen LogP contribution in [0.25, 0.3) is 0 Å². The van der Waals surface area contributed by atoms with Gasteiger partial charge in [-0.05, 0) is 31.0 Å². The van der Waals surface area contributed by atoms with E-state index in [2.05, 4.69) is 10.2 Å². The van der Waals surface area contributed by atoms with Crippen LogP contribution in [0.5, 0.6) is 0 Å². The molecule has 0 fully saturated rings. The lowest BCUT2D eigenvalue weighted by molar-refractivity contribution is 0.0736. The third-order valence-electron chi connectivity index (χ3n) is 3.37. The number of aromatic amines is 1. The van der Waals surface area contributed by atoms with Gasteiger partial charge in [0.05, 0.1) is 0 Å². The van der Waals surface area contributed by atoms with Gasteiger partial charge in [-0.2, -0.15) is 5.10 Å². The quantitative estimate of drug-likeness (QED) is 0.822. The molecule has 3 N–H and O–H groups in total. The number of benzene rings is 1. The molecule has 1 aromatic carbocycles. The van der Waals surface area contributed by atoms with Crippen LogP contribution in [0.1, 0.15) is 35.1 Å². The van der Waals surface area contributed by atoms with Crippen LogP contribution >= 0.6 is 12.4 Å². The summed E-state index contributed by atoms with van der Waals surface area (Å²) in [6, 6.07) is 11.8. The molecule has 0 saturated carbocycles. The van der Waals surface area contributed by atoms with Gasteiger partial charge in [0.2, 0.25) is 0 Å². The minimum Gasteiger partial charge on any atom is -0.333 e. The number of amides is 1. The first-order valence-corrected chi connectivity index (χ1v) is 7.32. The summed E-state index contributed by atoms with van der Waals surface area (Å²) in [6.45, 7) is 3.81. The number of carbonyl (C=O) groups excluding carboxylic acids is 1. The van der Waals surface area contributed by atoms with Gasteiger partial charge in [-0.15, -0.1) is 12.4 Å². The molecule has 0 aliphatic rings. The molecule has 2 aromatic rings. The number of nitrogens with zero attached hydrogens (tertiary/aromatic N) is 2. The first kappa shape index (κ1) is 18.2. The number of rotatable bonds is 7. The van der Waals surface area contributed by atoms with E-state index in [1.54, 1.807) is 4.90 Å². The second kappa shape index (κ2) is 9.23. The molecule has 0 bridgehead atoms. The summed E-state index contributed by atoms with van der Waals surface area (Å²) in [5.41, 5.74) is 8.12. The van der Waals surface area contributed by atoms with Crippen LogP contribution in [0.4, 0.5) is 0 Å². The molecule has 1 amide bonds. The Morgan fingerprint density at radius 2 is 2.05 bits per heavy atom. The van der Waals surface area contributed by atoms with E-state index in [0.29, 0.717) is 25.3 Å². The zero-order valence-corrected chi connectivity index (χ0v) is 13.6. The number of aromatic nitrogens is 2. The highest BCUT2D eigenvalue weighted by molar-refractivity contribution is 5.92. The second-order valence-electron chi connectivity index (χ2n) is 4.99. The Bertz CT molecular complexity index is 571. The van der Waals surface area contributed by atoms with E-state index in [0.717, 1.165) is 24.1 Å². The van der Waals surface area contributed by atoms with Crippen molar-refractivity contribution in [2.45, 2.75) is 26.3 Å². The van der Waals surface area contributed by atoms with Crippen molar-refractivity contribution in [3.63, 3.8) is 0 Å². The maximum atomic E-state index is 12.6. The highest BCUT2D eigenvalue weighted by Gasteiger charge is 2.18. The Hall–Kier alpha value is -1.85. The molecule has 6 heteroatoms. The highest BCUT2D eigenvalue weighted by Crippen LogP contribution is 2.10. The fourth-order valence-corrected chi connectivity index (χ4v) is 2.15. The van der Waals surface area contributed by atoms with Gasteiger partial charge in [-0.1, -0.05) is 37.3 Å². The van der Waals surface area contributed by atoms with Crippen LogP contribution in [0.3, 0.4) is 0 Å². The Labute approximate surface area is 137 Å². The number of aryl methyl sites for hydroxylation is 1. The average Bonchev–Trinajstić information content (AvgIpc) is 3.00. The van der Waals surface area contributed by atoms with Crippen molar-refractivity contribution < 1.29 is 4.79 Å². The van der Waals surface area contributed by atoms with E-state index in [1.807, 2.05) is 43.3 Å². The fraction of sp³-hybridized carbons (Fsp3) is 0.375. The highest BCUT2D eigenvalue weighted by atomic mass is 35.5. The van der Waals surface area contributed by atoms with Gasteiger partial charge in [0, 0.05) is 18.8 Å². The predicted octanol–water partition coefficient (Wildman–Crippen LogP) is 2.39. The number of nitrogens with one attached hydrogen (secondary N) is 1. The van der Waals surface area contributed by atoms with E-state index >= 15 is 0 Å². The lowest BCUT2D eigenvalue weighted by Crippen LogP contribution is -2.32. The maximum absolute atomic E-state index is 12.6. The summed E-state index contributed by atoms with van der Waals surface area (Å²) in [6.07, 6.45) is 1.62. The number of halogens is 1. The van der Waals surface area contributed by atoms with E-state index in [-0.39, 0.29) is 18.3 Å². The van der Waals surface area contributed by atoms with Gasteiger partial charge in [0.1, 0.15) is 5.69 Å². The first-order chi connectivity index (χ1) is 10.2. The monoisotopic (exact) mass is 322 g/mol. The van der Waals surface area contributed by atoms with Crippen LogP contribution < -0.4 is 5.73 Å². The van der Waals surface area contributed by atoms with Crippen molar-refractivity contribution in [2.75, 3.05) is 13.1 Å². The molecule has 5 nitrogen and oxygen atoms in total. The molecule has 0 radical (unpaired) electrons. The summed E-state index contributed by atoms with van der Waals surface area (Å²) in [7, 11) is 0. The minimum absolute atomic E-state index is 0. The van der Waals surface area contributed by atoms with E-state index in [1.165, 1.54) is 0 Å². The van der Waals surface area contributed by atoms with Crippen LogP contribution in [0.15, 0.2) is 36.4 Å². The molecule has 1 aromatic heterocycles. The molecule has 2 rings (SSSR count). The molecular formula is C16H23ClN4O. The number of carbonyl (C=O) groups is 1. The molecule has 0 atom stereocenters. The molecule has 0 spiro atoms. The van der Waals surface area contributed by atoms with Crippen LogP contribution in [-0.2, 0) is 13.0 Å². The number of hydrogen-bond acceptors (Lipinski definition) is 3. The van der Waals surface area contributed by atoms with E-state index in [4.69, 9.17) is 5.73 Å². The van der Waals surface area contributed by atoms with Gasteiger partial charge in [-0.25, -0.2) is 0 Å². The van der Waals surface area contributed by atoms with Crippen molar-refractivity contribution in [3.8, 4) is 0 Å². The van der Waals surface area contributed by atoms with Crippen molar-refractivity contribution >= 4 is 18.3 Å². The molecule has 120 valence electrons. The average molecular weight is 323 g/mol. The molecule has 0 unspecified atom stereocenters. The topological polar surface area (TPSA) is 75.0 Å². The zero-order chi connectivity index (χ0) is 15.1. The lowest BCUT2D eigenvalue weighted by Gasteiger charge is -2.21. The third kappa shape index (κ3) is 4.86. The standard InChI is InChI=1S/C16H22N4O.ClH/c1-2-14-11-15(19-18-14)16(21)20(10-6-9-17)12-13-7-4-3-5-8-13;/h3-5,7-8,11H,2,6,9-10,12,17H2,1H3,(H,18,19);1H. The third-order valence-corrected chi connectivity index (χ3v) is 3.37. The van der Waals surface area contributed by atoms with Crippen molar-refractivity contribution in [2.24, 2.45) is 5.73 Å². The number of nitrogens with two attached hydrogens (primary N) is 1. The molecule has 1 heterocycles. The Morgan fingerprint density at radius 3 is 2.64 bits per heavy atom. The minimum atomic E-state index is -0.0525. The predicted molar refractivity (Wildman–Crippen MR) is 90.1 cm³/mol. The van der Waals surface area contributed by atoms with E-state index in [9.17, 15) is 4.79 Å². The van der Waals surface area contributed by atoms with Gasteiger partial charge in [0.25, 0.3) is 5.91 Å². The van der Waals surface area contributed by atoms with Crippen LogP contribution in [0.2, 0.25) is 0 Å². The van der Waals surface area contributed by atoms with Gasteiger partial charge >= 0.3 is 0 Å². The Balaban J connectivity index is 0.00000242. The van der Waals surface area contributed by atoms with Crippen LogP contribution in [0, 0.1) is 0 Å². The number of H-pyrrole nitrogens is 1. The Kier molecular flexibility index (Phi) is 7.63. The summed E-state index contributed by atoms with van der Waals surface area (Å²) in [4.78, 5) is 14.4. The van der Waals surface area contributed by atoms with E-state index < -0.39 is 0 Å². The van der Waals surface area contributed by atoms with Crippen molar-refractivity contribution in [1.82, 2.24) is 15.1 Å². The summed E-state index contributed by atoms with van der Waals surface area (Å²) >= 11 is 0. The van der Waals surface area contributed by atoms with Gasteiger partial charge < -0.3 is 10.6 Å². The normalized spacial score (nSPS) is 10.1. The maximum Gasteiger partial charge on any atom is 0.274 e. The summed E-state index contributed by atoms with van der Waals surface area (Å²) in [5, 5.41) is 7.00. The molecule has 0 saturated heterocycles. The second-order valence-corrected chi connectivity index (χ2v) is 4.99. The SMILES string of the molecule is CCc1cc(C(=O)N(CCCN)Cc2ccccc2)n[nH]1.Cl. The van der Waals surface area contributed by atoms with Crippen molar-refractivity contribution in [1.29, 1.82) is 0 Å². The molecular weight excluding hydrogens is 300 g/mol. The fourth-order valence-electron chi connectivity index (χ4n) is 2.15.